The molecule has 28 heavy (non-hydrogen) atoms. The first-order valence-corrected chi connectivity index (χ1v) is 10.2. The predicted molar refractivity (Wildman–Crippen MR) is 109 cm³/mol. The van der Waals surface area contributed by atoms with E-state index >= 15 is 0 Å². The molecule has 9 heteroatoms. The van der Waals surface area contributed by atoms with Crippen LogP contribution < -0.4 is 10.1 Å². The van der Waals surface area contributed by atoms with Crippen molar-refractivity contribution in [2.45, 2.75) is 32.0 Å². The molecule has 1 aromatic heterocycles. The van der Waals surface area contributed by atoms with Crippen LogP contribution in [0, 0.1) is 0 Å². The van der Waals surface area contributed by atoms with Crippen LogP contribution in [0.5, 0.6) is 5.75 Å². The van der Waals surface area contributed by atoms with Crippen molar-refractivity contribution >= 4 is 23.6 Å². The minimum absolute atomic E-state index is 0.0525. The number of rotatable bonds is 10. The van der Waals surface area contributed by atoms with E-state index in [-0.39, 0.29) is 24.1 Å². The van der Waals surface area contributed by atoms with Gasteiger partial charge in [0, 0.05) is 25.7 Å². The fourth-order valence-electron chi connectivity index (χ4n) is 2.49. The van der Waals surface area contributed by atoms with Gasteiger partial charge >= 0.3 is 0 Å². The largest absolute Gasteiger partial charge is 0.497 e. The smallest absolute Gasteiger partial charge is 0.239 e. The van der Waals surface area contributed by atoms with E-state index in [2.05, 4.69) is 15.5 Å². The minimum atomic E-state index is -0.152. The maximum absolute atomic E-state index is 12.3. The van der Waals surface area contributed by atoms with E-state index in [4.69, 9.17) is 4.74 Å². The average Bonchev–Trinajstić information content (AvgIpc) is 3.13. The number of nitrogens with one attached hydrogen (secondary N) is 1. The standard InChI is InChI=1S/C19H27N5O3S/c1-5-11-20-16(25)12-23(3)17(26)13-28-19-22-21-18(24(19)6-2)14-7-9-15(27-4)10-8-14/h7-10H,5-6,11-13H2,1-4H3,(H,20,25). The predicted octanol–water partition coefficient (Wildman–Crippen LogP) is 2.05. The van der Waals surface area contributed by atoms with Crippen LogP contribution in [0.15, 0.2) is 29.4 Å². The molecule has 0 atom stereocenters. The normalized spacial score (nSPS) is 10.6. The van der Waals surface area contributed by atoms with E-state index in [1.165, 1.54) is 16.7 Å². The van der Waals surface area contributed by atoms with Gasteiger partial charge in [0.1, 0.15) is 5.75 Å². The van der Waals surface area contributed by atoms with Crippen LogP contribution >= 0.6 is 11.8 Å². The topological polar surface area (TPSA) is 89.3 Å². The van der Waals surface area contributed by atoms with Gasteiger partial charge < -0.3 is 19.5 Å². The molecule has 0 radical (unpaired) electrons. The molecular formula is C19H27N5O3S. The first-order chi connectivity index (χ1) is 13.5. The van der Waals surface area contributed by atoms with Crippen LogP contribution in [0.4, 0.5) is 0 Å². The van der Waals surface area contributed by atoms with E-state index in [1.54, 1.807) is 14.2 Å². The Hall–Kier alpha value is -2.55. The number of ether oxygens (including phenoxy) is 1. The van der Waals surface area contributed by atoms with Gasteiger partial charge in [0.25, 0.3) is 0 Å². The Morgan fingerprint density at radius 2 is 1.93 bits per heavy atom. The second-order valence-corrected chi connectivity index (χ2v) is 7.11. The summed E-state index contributed by atoms with van der Waals surface area (Å²) >= 11 is 1.32. The summed E-state index contributed by atoms with van der Waals surface area (Å²) in [6.45, 7) is 5.34. The monoisotopic (exact) mass is 405 g/mol. The van der Waals surface area contributed by atoms with Crippen LogP contribution in [0.2, 0.25) is 0 Å². The molecule has 0 saturated heterocycles. The van der Waals surface area contributed by atoms with Gasteiger partial charge in [-0.2, -0.15) is 0 Å². The van der Waals surface area contributed by atoms with Gasteiger partial charge in [-0.15, -0.1) is 10.2 Å². The Labute approximate surface area is 169 Å². The number of thioether (sulfide) groups is 1. The van der Waals surface area contributed by atoms with Crippen LogP contribution in [-0.2, 0) is 16.1 Å². The summed E-state index contributed by atoms with van der Waals surface area (Å²) in [5, 5.41) is 11.9. The molecule has 0 unspecified atom stereocenters. The quantitative estimate of drug-likeness (QED) is 0.609. The highest BCUT2D eigenvalue weighted by Gasteiger charge is 2.17. The zero-order chi connectivity index (χ0) is 20.5. The molecule has 2 amide bonds. The molecule has 2 rings (SSSR count). The molecule has 1 N–H and O–H groups in total. The molecule has 0 aliphatic heterocycles. The third-order valence-electron chi connectivity index (χ3n) is 4.08. The number of nitrogens with zero attached hydrogens (tertiary/aromatic N) is 4. The Balaban J connectivity index is 1.99. The van der Waals surface area contributed by atoms with Crippen molar-refractivity contribution in [3.63, 3.8) is 0 Å². The average molecular weight is 406 g/mol. The lowest BCUT2D eigenvalue weighted by molar-refractivity contribution is -0.132. The van der Waals surface area contributed by atoms with Crippen LogP contribution in [0.3, 0.4) is 0 Å². The number of carbonyl (C=O) groups is 2. The van der Waals surface area contributed by atoms with Crippen molar-refractivity contribution in [2.24, 2.45) is 0 Å². The molecule has 0 saturated carbocycles. The van der Waals surface area contributed by atoms with Crippen LogP contribution in [0.1, 0.15) is 20.3 Å². The Bertz CT molecular complexity index is 791. The lowest BCUT2D eigenvalue weighted by atomic mass is 10.2. The first-order valence-electron chi connectivity index (χ1n) is 9.21. The summed E-state index contributed by atoms with van der Waals surface area (Å²) in [6.07, 6.45) is 0.864. The Morgan fingerprint density at radius 3 is 2.54 bits per heavy atom. The maximum Gasteiger partial charge on any atom is 0.239 e. The van der Waals surface area contributed by atoms with Crippen molar-refractivity contribution < 1.29 is 14.3 Å². The van der Waals surface area contributed by atoms with Gasteiger partial charge in [0.05, 0.1) is 19.4 Å². The number of benzene rings is 1. The third kappa shape index (κ3) is 5.72. The SMILES string of the molecule is CCCNC(=O)CN(C)C(=O)CSc1nnc(-c2ccc(OC)cc2)n1CC. The molecule has 0 bridgehead atoms. The molecular weight excluding hydrogens is 378 g/mol. The van der Waals surface area contributed by atoms with Gasteiger partial charge in [0.15, 0.2) is 11.0 Å². The van der Waals surface area contributed by atoms with Gasteiger partial charge in [0.2, 0.25) is 11.8 Å². The molecule has 2 aromatic rings. The lowest BCUT2D eigenvalue weighted by Gasteiger charge is -2.16. The summed E-state index contributed by atoms with van der Waals surface area (Å²) in [5.74, 6) is 1.43. The highest BCUT2D eigenvalue weighted by molar-refractivity contribution is 7.99. The van der Waals surface area contributed by atoms with E-state index in [0.717, 1.165) is 23.6 Å². The number of carbonyl (C=O) groups excluding carboxylic acids is 2. The lowest BCUT2D eigenvalue weighted by Crippen LogP contribution is -2.39. The molecule has 0 fully saturated rings. The van der Waals surface area contributed by atoms with E-state index in [1.807, 2.05) is 42.7 Å². The minimum Gasteiger partial charge on any atom is -0.497 e. The molecule has 0 spiro atoms. The number of amides is 2. The summed E-state index contributed by atoms with van der Waals surface area (Å²) in [5.41, 5.74) is 0.929. The van der Waals surface area contributed by atoms with Crippen molar-refractivity contribution in [1.82, 2.24) is 25.0 Å². The zero-order valence-corrected chi connectivity index (χ0v) is 17.6. The van der Waals surface area contributed by atoms with E-state index < -0.39 is 0 Å². The fourth-order valence-corrected chi connectivity index (χ4v) is 3.44. The molecule has 8 nitrogen and oxygen atoms in total. The summed E-state index contributed by atoms with van der Waals surface area (Å²) in [7, 11) is 3.25. The van der Waals surface area contributed by atoms with Crippen molar-refractivity contribution in [3.8, 4) is 17.1 Å². The Morgan fingerprint density at radius 1 is 1.21 bits per heavy atom. The summed E-state index contributed by atoms with van der Waals surface area (Å²) in [4.78, 5) is 25.5. The first kappa shape index (κ1) is 21.7. The number of hydrogen-bond donors (Lipinski definition) is 1. The number of aromatic nitrogens is 3. The number of likely N-dealkylation sites (N-methyl/N-ethyl adjacent to an activating group) is 1. The van der Waals surface area contributed by atoms with Crippen molar-refractivity contribution in [1.29, 1.82) is 0 Å². The summed E-state index contributed by atoms with van der Waals surface area (Å²) < 4.78 is 7.15. The fraction of sp³-hybridized carbons (Fsp3) is 0.474. The van der Waals surface area contributed by atoms with E-state index in [9.17, 15) is 9.59 Å². The molecule has 0 aliphatic rings. The van der Waals surface area contributed by atoms with Gasteiger partial charge in [-0.1, -0.05) is 18.7 Å². The Kier molecular flexibility index (Phi) is 8.31. The second-order valence-electron chi connectivity index (χ2n) is 6.17. The van der Waals surface area contributed by atoms with Gasteiger partial charge in [-0.25, -0.2) is 0 Å². The van der Waals surface area contributed by atoms with Crippen molar-refractivity contribution in [3.05, 3.63) is 24.3 Å². The highest BCUT2D eigenvalue weighted by Crippen LogP contribution is 2.25. The number of methoxy groups -OCH3 is 1. The molecule has 0 aliphatic carbocycles. The molecule has 1 aromatic carbocycles. The van der Waals surface area contributed by atoms with Crippen LogP contribution in [-0.4, -0.2) is 64.5 Å². The molecule has 152 valence electrons. The summed E-state index contributed by atoms with van der Waals surface area (Å²) in [6, 6.07) is 7.60. The van der Waals surface area contributed by atoms with E-state index in [0.29, 0.717) is 18.2 Å². The third-order valence-corrected chi connectivity index (χ3v) is 5.04. The van der Waals surface area contributed by atoms with Gasteiger partial charge in [-0.05, 0) is 37.6 Å². The maximum atomic E-state index is 12.3. The zero-order valence-electron chi connectivity index (χ0n) is 16.8. The van der Waals surface area contributed by atoms with Crippen LogP contribution in [0.25, 0.3) is 11.4 Å². The van der Waals surface area contributed by atoms with Gasteiger partial charge in [-0.3, -0.25) is 9.59 Å². The number of hydrogen-bond acceptors (Lipinski definition) is 6. The second kappa shape index (κ2) is 10.7. The molecule has 1 heterocycles. The highest BCUT2D eigenvalue weighted by atomic mass is 32.2. The van der Waals surface area contributed by atoms with Crippen molar-refractivity contribution in [2.75, 3.05) is 33.0 Å².